The number of carbonyl (C=O) groups is 1. The van der Waals surface area contributed by atoms with E-state index in [1.165, 1.54) is 15.8 Å². The highest BCUT2D eigenvalue weighted by molar-refractivity contribution is 14.1. The Bertz CT molecular complexity index is 657. The van der Waals surface area contributed by atoms with Crippen molar-refractivity contribution in [2.24, 2.45) is 0 Å². The number of rotatable bonds is 3. The molecule has 1 aromatic heterocycles. The zero-order valence-corrected chi connectivity index (χ0v) is 12.7. The molecule has 1 aromatic carbocycles. The molecule has 9 heteroatoms. The van der Waals surface area contributed by atoms with Gasteiger partial charge in [0.2, 0.25) is 0 Å². The van der Waals surface area contributed by atoms with Crippen molar-refractivity contribution in [3.8, 4) is 0 Å². The first-order valence-corrected chi connectivity index (χ1v) is 7.09. The predicted molar refractivity (Wildman–Crippen MR) is 76.7 cm³/mol. The Balaban J connectivity index is 1.79. The molecule has 2 heterocycles. The molecule has 2 aromatic rings. The topological polar surface area (TPSA) is 60.3 Å². The second-order valence-electron chi connectivity index (χ2n) is 4.46. The van der Waals surface area contributed by atoms with Gasteiger partial charge in [0.25, 0.3) is 0 Å². The number of nitrogens with zero attached hydrogens (tertiary/aromatic N) is 4. The minimum absolute atomic E-state index is 0.108. The Labute approximate surface area is 131 Å². The average molecular weight is 406 g/mol. The van der Waals surface area contributed by atoms with Crippen molar-refractivity contribution in [2.45, 2.75) is 12.6 Å². The first-order valence-electron chi connectivity index (χ1n) is 6.01. The van der Waals surface area contributed by atoms with Gasteiger partial charge in [-0.05, 0) is 34.7 Å². The van der Waals surface area contributed by atoms with E-state index in [1.54, 1.807) is 28.8 Å². The maximum absolute atomic E-state index is 13.6. The molecule has 0 aliphatic carbocycles. The van der Waals surface area contributed by atoms with Crippen molar-refractivity contribution in [2.75, 3.05) is 11.4 Å². The van der Waals surface area contributed by atoms with Crippen LogP contribution in [0.2, 0.25) is 0 Å². The number of aromatic nitrogens is 3. The van der Waals surface area contributed by atoms with Crippen molar-refractivity contribution >= 4 is 34.4 Å². The molecule has 0 bridgehead atoms. The highest BCUT2D eigenvalue weighted by atomic mass is 127. The quantitative estimate of drug-likeness (QED) is 0.580. The third-order valence-corrected chi connectivity index (χ3v) is 4.05. The summed E-state index contributed by atoms with van der Waals surface area (Å²) < 4.78 is 33.7. The van der Waals surface area contributed by atoms with Gasteiger partial charge in [-0.25, -0.2) is 18.3 Å². The number of ether oxygens (including phenoxy) is 1. The molecule has 21 heavy (non-hydrogen) atoms. The van der Waals surface area contributed by atoms with Crippen LogP contribution in [0.5, 0.6) is 0 Å². The van der Waals surface area contributed by atoms with E-state index in [1.807, 2.05) is 0 Å². The largest absolute Gasteiger partial charge is 0.442 e. The van der Waals surface area contributed by atoms with Gasteiger partial charge in [-0.15, -0.1) is 5.10 Å². The van der Waals surface area contributed by atoms with Crippen molar-refractivity contribution in [1.82, 2.24) is 15.0 Å². The molecular formula is C12H9F2IN4O2. The average Bonchev–Trinajstić information content (AvgIpc) is 3.06. The third-order valence-electron chi connectivity index (χ3n) is 3.02. The number of amides is 1. The van der Waals surface area contributed by atoms with Gasteiger partial charge in [0.15, 0.2) is 0 Å². The van der Waals surface area contributed by atoms with E-state index in [4.69, 9.17) is 4.74 Å². The summed E-state index contributed by atoms with van der Waals surface area (Å²) in [7, 11) is 0. The zero-order valence-electron chi connectivity index (χ0n) is 10.5. The maximum atomic E-state index is 13.6. The van der Waals surface area contributed by atoms with Gasteiger partial charge < -0.3 is 4.74 Å². The molecule has 1 fully saturated rings. The first-order chi connectivity index (χ1) is 10.0. The number of hydrogen-bond donors (Lipinski definition) is 0. The fourth-order valence-corrected chi connectivity index (χ4v) is 2.38. The van der Waals surface area contributed by atoms with Gasteiger partial charge in [-0.3, -0.25) is 4.90 Å². The Hall–Kier alpha value is -1.78. The van der Waals surface area contributed by atoms with Crippen LogP contribution in [-0.2, 0) is 11.3 Å². The molecule has 0 N–H and O–H groups in total. The van der Waals surface area contributed by atoms with Crippen LogP contribution >= 0.6 is 22.6 Å². The van der Waals surface area contributed by atoms with Crippen LogP contribution in [0.4, 0.5) is 19.3 Å². The summed E-state index contributed by atoms with van der Waals surface area (Å²) in [5, 5.41) is 7.43. The maximum Gasteiger partial charge on any atom is 0.414 e. The lowest BCUT2D eigenvalue weighted by Gasteiger charge is -2.13. The second-order valence-corrected chi connectivity index (χ2v) is 5.54. The number of anilines is 1. The molecule has 0 saturated carbocycles. The van der Waals surface area contributed by atoms with E-state index in [0.717, 1.165) is 12.1 Å². The number of carbonyl (C=O) groups excluding carboxylic acids is 1. The van der Waals surface area contributed by atoms with E-state index >= 15 is 0 Å². The molecule has 1 atom stereocenters. The lowest BCUT2D eigenvalue weighted by atomic mass is 10.2. The first kappa shape index (κ1) is 14.2. The number of halogens is 3. The van der Waals surface area contributed by atoms with E-state index < -0.39 is 23.8 Å². The molecule has 0 radical (unpaired) electrons. The summed E-state index contributed by atoms with van der Waals surface area (Å²) in [6.07, 6.45) is 2.06. The monoisotopic (exact) mass is 406 g/mol. The summed E-state index contributed by atoms with van der Waals surface area (Å²) in [6.45, 7) is 0.524. The third kappa shape index (κ3) is 2.82. The van der Waals surface area contributed by atoms with Crippen LogP contribution < -0.4 is 4.90 Å². The number of hydrogen-bond acceptors (Lipinski definition) is 4. The van der Waals surface area contributed by atoms with Gasteiger partial charge >= 0.3 is 6.09 Å². The molecule has 0 spiro atoms. The summed E-state index contributed by atoms with van der Waals surface area (Å²) in [5.41, 5.74) is 0.136. The molecule has 1 aliphatic rings. The fraction of sp³-hybridized carbons (Fsp3) is 0.250. The van der Waals surface area contributed by atoms with E-state index in [9.17, 15) is 13.6 Å². The van der Waals surface area contributed by atoms with Gasteiger partial charge in [-0.2, -0.15) is 0 Å². The Kier molecular flexibility index (Phi) is 3.74. The van der Waals surface area contributed by atoms with Crippen LogP contribution in [0.1, 0.15) is 0 Å². The van der Waals surface area contributed by atoms with E-state index in [0.29, 0.717) is 6.54 Å². The van der Waals surface area contributed by atoms with Crippen LogP contribution in [0.3, 0.4) is 0 Å². The summed E-state index contributed by atoms with van der Waals surface area (Å²) in [6, 6.07) is 2.23. The lowest BCUT2D eigenvalue weighted by molar-refractivity contribution is 0.129. The smallest absolute Gasteiger partial charge is 0.414 e. The molecule has 0 unspecified atom stereocenters. The molecule has 6 nitrogen and oxygen atoms in total. The Morgan fingerprint density at radius 3 is 2.71 bits per heavy atom. The molecule has 3 rings (SSSR count). The highest BCUT2D eigenvalue weighted by Crippen LogP contribution is 2.27. The fourth-order valence-electron chi connectivity index (χ4n) is 2.06. The van der Waals surface area contributed by atoms with E-state index in [2.05, 4.69) is 10.3 Å². The van der Waals surface area contributed by atoms with Crippen molar-refractivity contribution < 1.29 is 18.3 Å². The van der Waals surface area contributed by atoms with Crippen molar-refractivity contribution in [3.05, 3.63) is 39.7 Å². The minimum atomic E-state index is -0.710. The van der Waals surface area contributed by atoms with Gasteiger partial charge in [0.05, 0.1) is 28.5 Å². The number of cyclic esters (lactones) is 1. The van der Waals surface area contributed by atoms with Crippen LogP contribution in [0.25, 0.3) is 0 Å². The SMILES string of the molecule is O=C1O[C@@H](Cn2ccnn2)CN1c1cc(F)c(I)c(F)c1. The Morgan fingerprint density at radius 2 is 2.10 bits per heavy atom. The van der Waals surface area contributed by atoms with E-state index in [-0.39, 0.29) is 15.8 Å². The standard InChI is InChI=1S/C12H9F2IN4O2/c13-9-3-7(4-10(14)11(9)15)19-6-8(21-12(19)20)5-18-2-1-16-17-18/h1-4,8H,5-6H2/t8-/m0/s1. The molecule has 110 valence electrons. The lowest BCUT2D eigenvalue weighted by Crippen LogP contribution is -2.26. The highest BCUT2D eigenvalue weighted by Gasteiger charge is 2.33. The van der Waals surface area contributed by atoms with Gasteiger partial charge in [0, 0.05) is 6.20 Å². The van der Waals surface area contributed by atoms with Crippen LogP contribution in [0.15, 0.2) is 24.5 Å². The summed E-state index contributed by atoms with van der Waals surface area (Å²) >= 11 is 1.57. The van der Waals surface area contributed by atoms with Crippen LogP contribution in [-0.4, -0.2) is 33.7 Å². The molecule has 1 saturated heterocycles. The second kappa shape index (κ2) is 5.54. The van der Waals surface area contributed by atoms with Crippen molar-refractivity contribution in [1.29, 1.82) is 0 Å². The van der Waals surface area contributed by atoms with Crippen LogP contribution in [0, 0.1) is 15.2 Å². The Morgan fingerprint density at radius 1 is 1.38 bits per heavy atom. The normalized spacial score (nSPS) is 18.1. The van der Waals surface area contributed by atoms with Crippen molar-refractivity contribution in [3.63, 3.8) is 0 Å². The molecular weight excluding hydrogens is 397 g/mol. The number of benzene rings is 1. The molecule has 1 aliphatic heterocycles. The summed E-state index contributed by atoms with van der Waals surface area (Å²) in [4.78, 5) is 13.0. The predicted octanol–water partition coefficient (Wildman–Crippen LogP) is 2.19. The van der Waals surface area contributed by atoms with Gasteiger partial charge in [0.1, 0.15) is 17.7 Å². The minimum Gasteiger partial charge on any atom is -0.442 e. The van der Waals surface area contributed by atoms with Gasteiger partial charge in [-0.1, -0.05) is 5.21 Å². The summed E-state index contributed by atoms with van der Waals surface area (Å²) in [5.74, 6) is -1.42. The molecule has 1 amide bonds. The zero-order chi connectivity index (χ0) is 15.0.